The van der Waals surface area contributed by atoms with E-state index in [2.05, 4.69) is 354 Å². The van der Waals surface area contributed by atoms with Gasteiger partial charge in [0.2, 0.25) is 6.71 Å². The summed E-state index contributed by atoms with van der Waals surface area (Å²) >= 11 is 0. The van der Waals surface area contributed by atoms with Gasteiger partial charge in [-0.25, -0.2) is 0 Å². The molecule has 0 N–H and O–H groups in total. The lowest BCUT2D eigenvalue weighted by Gasteiger charge is -2.21. The standard InChI is InChI=1S/C93H61BN4O2/c1-56-44-57(2)93(58(3)45-56)94(63-39-43-91-80(50-63)79-49-62(37-42-90(79)99-91)60-21-19-27-68(47-60)98-84-35-17-13-31-72(84)77-53-86-75(55-88(77)98)70-29-11-15-33-82(70)96(86)66-24-8-5-9-25-66)64-38-40-73-78-48-61(36-41-89(78)100-92(73)51-64)59-20-18-26-67(46-59)97-83-34-16-12-30-71(83)76-52-85-74(54-87(76)97)69-28-10-14-32-81(69)95(85)65-22-6-4-7-23-65/h4-55H,1-3H3. The third kappa shape index (κ3) is 8.45. The van der Waals surface area contributed by atoms with Crippen molar-refractivity contribution in [1.29, 1.82) is 0 Å². The van der Waals surface area contributed by atoms with Gasteiger partial charge in [0, 0.05) is 87.4 Å². The monoisotopic (exact) mass is 1280 g/mol. The molecule has 6 heterocycles. The molecule has 0 aliphatic rings. The van der Waals surface area contributed by atoms with Gasteiger partial charge in [0.05, 0.1) is 44.1 Å². The van der Waals surface area contributed by atoms with E-state index in [1.807, 2.05) is 0 Å². The van der Waals surface area contributed by atoms with E-state index in [0.29, 0.717) is 0 Å². The first-order valence-electron chi connectivity index (χ1n) is 34.6. The summed E-state index contributed by atoms with van der Waals surface area (Å²) in [5.74, 6) is 0. The number of rotatable bonds is 9. The van der Waals surface area contributed by atoms with Crippen molar-refractivity contribution in [3.05, 3.63) is 332 Å². The highest BCUT2D eigenvalue weighted by Gasteiger charge is 2.29. The molecule has 0 amide bonds. The molecule has 0 atom stereocenters. The van der Waals surface area contributed by atoms with Gasteiger partial charge in [-0.2, -0.15) is 0 Å². The van der Waals surface area contributed by atoms with Crippen LogP contribution in [0.5, 0.6) is 0 Å². The fourth-order valence-electron chi connectivity index (χ4n) is 17.3. The van der Waals surface area contributed by atoms with Crippen molar-refractivity contribution < 1.29 is 8.83 Å². The van der Waals surface area contributed by atoms with Crippen LogP contribution in [0.3, 0.4) is 0 Å². The van der Waals surface area contributed by atoms with Crippen LogP contribution in [-0.2, 0) is 0 Å². The molecular weight excluding hydrogens is 1220 g/mol. The molecule has 0 aliphatic carbocycles. The van der Waals surface area contributed by atoms with Crippen molar-refractivity contribution >= 4 is 154 Å². The van der Waals surface area contributed by atoms with Crippen molar-refractivity contribution in [3.8, 4) is 45.0 Å². The number of hydrogen-bond donors (Lipinski definition) is 0. The van der Waals surface area contributed by atoms with Gasteiger partial charge in [0.1, 0.15) is 22.3 Å². The first kappa shape index (κ1) is 56.4. The van der Waals surface area contributed by atoms with Crippen LogP contribution < -0.4 is 16.4 Å². The molecule has 0 aliphatic heterocycles. The average Bonchev–Trinajstić information content (AvgIpc) is 1.56. The van der Waals surface area contributed by atoms with Gasteiger partial charge >= 0.3 is 0 Å². The molecule has 0 bridgehead atoms. The van der Waals surface area contributed by atoms with E-state index in [9.17, 15) is 0 Å². The van der Waals surface area contributed by atoms with Crippen molar-refractivity contribution in [2.45, 2.75) is 20.8 Å². The first-order valence-corrected chi connectivity index (χ1v) is 34.6. The maximum atomic E-state index is 6.93. The van der Waals surface area contributed by atoms with Gasteiger partial charge in [-0.1, -0.05) is 215 Å². The van der Waals surface area contributed by atoms with E-state index in [0.717, 1.165) is 88.9 Å². The minimum absolute atomic E-state index is 0.104. The molecule has 0 unspecified atom stereocenters. The van der Waals surface area contributed by atoms with E-state index in [1.165, 1.54) is 120 Å². The van der Waals surface area contributed by atoms with E-state index in [-0.39, 0.29) is 6.71 Å². The number of fused-ring (bicyclic) bond motifs is 18. The Morgan fingerprint density at radius 1 is 0.220 bits per heavy atom. The molecule has 468 valence electrons. The molecule has 7 heteroatoms. The lowest BCUT2D eigenvalue weighted by Crippen LogP contribution is -2.54. The maximum Gasteiger partial charge on any atom is 0.242 e. The lowest BCUT2D eigenvalue weighted by atomic mass is 9.35. The Hall–Kier alpha value is -12.8. The molecule has 6 nitrogen and oxygen atoms in total. The summed E-state index contributed by atoms with van der Waals surface area (Å²) < 4.78 is 23.4. The van der Waals surface area contributed by atoms with Gasteiger partial charge in [0.25, 0.3) is 0 Å². The van der Waals surface area contributed by atoms with E-state index in [4.69, 9.17) is 8.83 Å². The Labute approximate surface area is 575 Å². The second-order valence-electron chi connectivity index (χ2n) is 27.3. The summed E-state index contributed by atoms with van der Waals surface area (Å²) in [4.78, 5) is 0. The summed E-state index contributed by atoms with van der Waals surface area (Å²) in [6, 6.07) is 116. The molecule has 15 aromatic carbocycles. The van der Waals surface area contributed by atoms with Gasteiger partial charge in [-0.3, -0.25) is 0 Å². The van der Waals surface area contributed by atoms with Crippen molar-refractivity contribution in [2.24, 2.45) is 0 Å². The Morgan fingerprint density at radius 3 is 1.03 bits per heavy atom. The summed E-state index contributed by atoms with van der Waals surface area (Å²) in [6.45, 7) is 6.62. The maximum absolute atomic E-state index is 6.93. The summed E-state index contributed by atoms with van der Waals surface area (Å²) in [5, 5.41) is 14.2. The van der Waals surface area contributed by atoms with Gasteiger partial charge in [0.15, 0.2) is 0 Å². The molecule has 21 rings (SSSR count). The Balaban J connectivity index is 0.653. The van der Waals surface area contributed by atoms with Crippen LogP contribution in [-0.4, -0.2) is 25.0 Å². The second kappa shape index (κ2) is 21.6. The topological polar surface area (TPSA) is 46.0 Å². The molecule has 0 radical (unpaired) electrons. The fraction of sp³-hybridized carbons (Fsp3) is 0.0323. The average molecular weight is 1280 g/mol. The fourth-order valence-corrected chi connectivity index (χ4v) is 17.3. The summed E-state index contributed by atoms with van der Waals surface area (Å²) in [6.07, 6.45) is 0. The number of aromatic nitrogens is 4. The minimum Gasteiger partial charge on any atom is -0.456 e. The summed E-state index contributed by atoms with van der Waals surface area (Å²) in [7, 11) is 0. The van der Waals surface area contributed by atoms with Crippen molar-refractivity contribution in [2.75, 3.05) is 0 Å². The third-order valence-corrected chi connectivity index (χ3v) is 21.5. The van der Waals surface area contributed by atoms with Gasteiger partial charge in [-0.05, 0) is 176 Å². The number of hydrogen-bond acceptors (Lipinski definition) is 2. The molecule has 21 aromatic rings. The van der Waals surface area contributed by atoms with Crippen LogP contribution >= 0.6 is 0 Å². The molecule has 0 saturated carbocycles. The molecule has 0 fully saturated rings. The van der Waals surface area contributed by atoms with Crippen LogP contribution in [0.2, 0.25) is 0 Å². The van der Waals surface area contributed by atoms with Gasteiger partial charge < -0.3 is 27.1 Å². The number of benzene rings is 15. The molecule has 0 saturated heterocycles. The highest BCUT2D eigenvalue weighted by atomic mass is 16.3. The molecular formula is C93H61BN4O2. The Morgan fingerprint density at radius 2 is 0.570 bits per heavy atom. The zero-order valence-corrected chi connectivity index (χ0v) is 55.2. The lowest BCUT2D eigenvalue weighted by molar-refractivity contribution is 0.668. The normalized spacial score (nSPS) is 12.2. The Kier molecular flexibility index (Phi) is 12.2. The quantitative estimate of drug-likeness (QED) is 0.135. The van der Waals surface area contributed by atoms with Gasteiger partial charge in [-0.15, -0.1) is 0 Å². The SMILES string of the molecule is Cc1cc(C)c(B(c2ccc3c(c2)oc2ccc(-c4cccc(-n5c6ccccc6c6cc7c(cc65)c5ccccc5n7-c5ccccc5)c4)cc23)c2ccc3oc4ccc(-c5cccc(-n6c7ccccc7c7cc8c(cc76)c6ccccc6n8-c6ccccc6)c5)cc4c3c2)c(C)c1. The molecule has 0 spiro atoms. The highest BCUT2D eigenvalue weighted by Crippen LogP contribution is 2.44. The highest BCUT2D eigenvalue weighted by molar-refractivity contribution is 6.96. The zero-order chi connectivity index (χ0) is 66.0. The van der Waals surface area contributed by atoms with E-state index in [1.54, 1.807) is 0 Å². The number of aryl methyl sites for hydroxylation is 3. The second-order valence-corrected chi connectivity index (χ2v) is 27.3. The van der Waals surface area contributed by atoms with Crippen molar-refractivity contribution in [1.82, 2.24) is 18.3 Å². The molecule has 100 heavy (non-hydrogen) atoms. The third-order valence-electron chi connectivity index (χ3n) is 21.5. The molecule has 6 aromatic heterocycles. The smallest absolute Gasteiger partial charge is 0.242 e. The van der Waals surface area contributed by atoms with E-state index >= 15 is 0 Å². The first-order chi connectivity index (χ1) is 49.3. The number of para-hydroxylation sites is 6. The van der Waals surface area contributed by atoms with Crippen LogP contribution in [0.15, 0.2) is 324 Å². The number of nitrogens with zero attached hydrogens (tertiary/aromatic N) is 4. The zero-order valence-electron chi connectivity index (χ0n) is 55.2. The van der Waals surface area contributed by atoms with Crippen LogP contribution in [0.25, 0.3) is 176 Å². The van der Waals surface area contributed by atoms with Crippen LogP contribution in [0, 0.1) is 20.8 Å². The summed E-state index contributed by atoms with van der Waals surface area (Å²) in [5.41, 5.74) is 29.4. The van der Waals surface area contributed by atoms with Crippen molar-refractivity contribution in [3.63, 3.8) is 0 Å². The largest absolute Gasteiger partial charge is 0.456 e. The predicted molar refractivity (Wildman–Crippen MR) is 421 cm³/mol. The van der Waals surface area contributed by atoms with Crippen LogP contribution in [0.1, 0.15) is 16.7 Å². The number of furan rings is 2. The van der Waals surface area contributed by atoms with E-state index < -0.39 is 0 Å². The minimum atomic E-state index is -0.104. The Bertz CT molecular complexity index is 6990. The predicted octanol–water partition coefficient (Wildman–Crippen LogP) is 22.6. The van der Waals surface area contributed by atoms with Crippen LogP contribution in [0.4, 0.5) is 0 Å².